The molecule has 6 heteroatoms. The van der Waals surface area contributed by atoms with Crippen LogP contribution < -0.4 is 5.73 Å². The van der Waals surface area contributed by atoms with Crippen molar-refractivity contribution in [3.05, 3.63) is 41.6 Å². The molecule has 1 aromatic heterocycles. The molecule has 0 unspecified atom stereocenters. The first-order valence-corrected chi connectivity index (χ1v) is 6.78. The summed E-state index contributed by atoms with van der Waals surface area (Å²) in [6.45, 7) is 2.08. The van der Waals surface area contributed by atoms with Crippen molar-refractivity contribution in [1.82, 2.24) is 19.9 Å². The quantitative estimate of drug-likeness (QED) is 0.908. The normalized spacial score (nSPS) is 14.7. The maximum Gasteiger partial charge on any atom is 0.278 e. The van der Waals surface area contributed by atoms with E-state index in [1.165, 1.54) is 0 Å². The number of hydrogen-bond acceptors (Lipinski definition) is 4. The molecule has 1 aromatic carbocycles. The highest BCUT2D eigenvalue weighted by molar-refractivity contribution is 5.96. The van der Waals surface area contributed by atoms with Crippen LogP contribution in [0.3, 0.4) is 0 Å². The molecule has 1 aliphatic heterocycles. The monoisotopic (exact) mass is 271 g/mol. The van der Waals surface area contributed by atoms with Crippen molar-refractivity contribution < 1.29 is 4.79 Å². The number of rotatable bonds is 3. The van der Waals surface area contributed by atoms with E-state index in [2.05, 4.69) is 10.3 Å². The molecule has 0 bridgehead atoms. The first-order chi connectivity index (χ1) is 9.75. The van der Waals surface area contributed by atoms with Crippen LogP contribution in [0.25, 0.3) is 0 Å². The van der Waals surface area contributed by atoms with Crippen molar-refractivity contribution >= 4 is 11.7 Å². The van der Waals surface area contributed by atoms with Gasteiger partial charge < -0.3 is 10.6 Å². The lowest BCUT2D eigenvalue weighted by Gasteiger charge is -2.13. The summed E-state index contributed by atoms with van der Waals surface area (Å²) < 4.78 is 1.57. The van der Waals surface area contributed by atoms with E-state index in [1.807, 2.05) is 30.3 Å². The van der Waals surface area contributed by atoms with Crippen LogP contribution in [0.5, 0.6) is 0 Å². The maximum absolute atomic E-state index is 12.3. The van der Waals surface area contributed by atoms with Gasteiger partial charge in [0.1, 0.15) is 0 Å². The largest absolute Gasteiger partial charge is 0.382 e. The average Bonchev–Trinajstić information content (AvgIpc) is 3.11. The molecule has 2 N–H and O–H groups in total. The molecule has 104 valence electrons. The van der Waals surface area contributed by atoms with E-state index in [9.17, 15) is 4.79 Å². The number of nitrogens with zero attached hydrogens (tertiary/aromatic N) is 4. The average molecular weight is 271 g/mol. The lowest BCUT2D eigenvalue weighted by atomic mass is 10.2. The van der Waals surface area contributed by atoms with Crippen LogP contribution in [0, 0.1) is 0 Å². The molecule has 20 heavy (non-hydrogen) atoms. The van der Waals surface area contributed by atoms with Gasteiger partial charge in [0.2, 0.25) is 0 Å². The first-order valence-electron chi connectivity index (χ1n) is 6.78. The van der Waals surface area contributed by atoms with E-state index < -0.39 is 0 Å². The summed E-state index contributed by atoms with van der Waals surface area (Å²) in [6, 6.07) is 9.85. The SMILES string of the molecule is Nc1c(C(=O)N2CCCC2)nnn1Cc1ccccc1. The van der Waals surface area contributed by atoms with Gasteiger partial charge in [-0.25, -0.2) is 4.68 Å². The smallest absolute Gasteiger partial charge is 0.278 e. The molecule has 6 nitrogen and oxygen atoms in total. The van der Waals surface area contributed by atoms with Crippen LogP contribution in [0.1, 0.15) is 28.9 Å². The predicted octanol–water partition coefficient (Wildman–Crippen LogP) is 1.14. The van der Waals surface area contributed by atoms with Gasteiger partial charge in [-0.1, -0.05) is 35.5 Å². The van der Waals surface area contributed by atoms with Crippen molar-refractivity contribution in [1.29, 1.82) is 0 Å². The summed E-state index contributed by atoms with van der Waals surface area (Å²) >= 11 is 0. The summed E-state index contributed by atoms with van der Waals surface area (Å²) in [4.78, 5) is 14.0. The summed E-state index contributed by atoms with van der Waals surface area (Å²) in [7, 11) is 0. The Labute approximate surface area is 117 Å². The number of aromatic nitrogens is 3. The van der Waals surface area contributed by atoms with Crippen molar-refractivity contribution in [3.8, 4) is 0 Å². The van der Waals surface area contributed by atoms with E-state index in [0.29, 0.717) is 12.4 Å². The third kappa shape index (κ3) is 2.36. The number of benzene rings is 1. The Morgan fingerprint density at radius 1 is 1.20 bits per heavy atom. The van der Waals surface area contributed by atoms with Crippen LogP contribution >= 0.6 is 0 Å². The van der Waals surface area contributed by atoms with Gasteiger partial charge in [-0.05, 0) is 18.4 Å². The van der Waals surface area contributed by atoms with Gasteiger partial charge in [-0.2, -0.15) is 0 Å². The topological polar surface area (TPSA) is 77.0 Å². The maximum atomic E-state index is 12.3. The van der Waals surface area contributed by atoms with Gasteiger partial charge in [0, 0.05) is 13.1 Å². The molecule has 1 amide bonds. The molecule has 0 atom stereocenters. The van der Waals surface area contributed by atoms with Crippen LogP contribution in [-0.4, -0.2) is 38.9 Å². The zero-order valence-electron chi connectivity index (χ0n) is 11.2. The summed E-state index contributed by atoms with van der Waals surface area (Å²) in [6.07, 6.45) is 2.09. The Morgan fingerprint density at radius 2 is 1.90 bits per heavy atom. The van der Waals surface area contributed by atoms with E-state index in [1.54, 1.807) is 9.58 Å². The fraction of sp³-hybridized carbons (Fsp3) is 0.357. The molecular weight excluding hydrogens is 254 g/mol. The van der Waals surface area contributed by atoms with Crippen LogP contribution in [0.2, 0.25) is 0 Å². The number of carbonyl (C=O) groups excluding carboxylic acids is 1. The molecule has 1 saturated heterocycles. The highest BCUT2D eigenvalue weighted by Gasteiger charge is 2.25. The number of likely N-dealkylation sites (tertiary alicyclic amines) is 1. The molecule has 1 aliphatic rings. The zero-order valence-corrected chi connectivity index (χ0v) is 11.2. The fourth-order valence-corrected chi connectivity index (χ4v) is 2.42. The summed E-state index contributed by atoms with van der Waals surface area (Å²) in [5.41, 5.74) is 7.35. The highest BCUT2D eigenvalue weighted by Crippen LogP contribution is 2.16. The molecule has 0 saturated carbocycles. The lowest BCUT2D eigenvalue weighted by Crippen LogP contribution is -2.28. The standard InChI is InChI=1S/C14H17N5O/c15-13-12(14(20)18-8-4-5-9-18)16-17-19(13)10-11-6-2-1-3-7-11/h1-3,6-7H,4-5,8-10,15H2. The predicted molar refractivity (Wildman–Crippen MR) is 75.1 cm³/mol. The van der Waals surface area contributed by atoms with Crippen molar-refractivity contribution in [3.63, 3.8) is 0 Å². The molecule has 0 spiro atoms. The molecule has 2 heterocycles. The highest BCUT2D eigenvalue weighted by atomic mass is 16.2. The van der Waals surface area contributed by atoms with Crippen LogP contribution in [0.15, 0.2) is 30.3 Å². The Kier molecular flexibility index (Phi) is 3.37. The third-order valence-electron chi connectivity index (χ3n) is 3.54. The number of anilines is 1. The number of amides is 1. The summed E-state index contributed by atoms with van der Waals surface area (Å²) in [5, 5.41) is 7.95. The Bertz CT molecular complexity index is 601. The number of hydrogen-bond donors (Lipinski definition) is 1. The van der Waals surface area contributed by atoms with E-state index in [4.69, 9.17) is 5.73 Å². The van der Waals surface area contributed by atoms with Crippen molar-refractivity contribution in [2.24, 2.45) is 0 Å². The molecule has 3 rings (SSSR count). The minimum atomic E-state index is -0.112. The third-order valence-corrected chi connectivity index (χ3v) is 3.54. The first kappa shape index (κ1) is 12.7. The van der Waals surface area contributed by atoms with E-state index in [-0.39, 0.29) is 11.6 Å². The molecular formula is C14H17N5O. The van der Waals surface area contributed by atoms with Gasteiger partial charge in [-0.15, -0.1) is 5.10 Å². The Balaban J connectivity index is 1.80. The Morgan fingerprint density at radius 3 is 2.60 bits per heavy atom. The lowest BCUT2D eigenvalue weighted by molar-refractivity contribution is 0.0788. The summed E-state index contributed by atoms with van der Waals surface area (Å²) in [5.74, 6) is 0.227. The fourth-order valence-electron chi connectivity index (χ4n) is 2.42. The van der Waals surface area contributed by atoms with Gasteiger partial charge in [0.05, 0.1) is 6.54 Å². The molecule has 0 aliphatic carbocycles. The number of nitrogens with two attached hydrogens (primary N) is 1. The van der Waals surface area contributed by atoms with Crippen LogP contribution in [0.4, 0.5) is 5.82 Å². The zero-order chi connectivity index (χ0) is 13.9. The second-order valence-electron chi connectivity index (χ2n) is 4.97. The van der Waals surface area contributed by atoms with Crippen molar-refractivity contribution in [2.45, 2.75) is 19.4 Å². The van der Waals surface area contributed by atoms with E-state index >= 15 is 0 Å². The number of carbonyl (C=O) groups is 1. The Hall–Kier alpha value is -2.37. The second kappa shape index (κ2) is 5.32. The van der Waals surface area contributed by atoms with Gasteiger partial charge in [0.15, 0.2) is 11.5 Å². The minimum absolute atomic E-state index is 0.112. The van der Waals surface area contributed by atoms with E-state index in [0.717, 1.165) is 31.5 Å². The van der Waals surface area contributed by atoms with Gasteiger partial charge in [-0.3, -0.25) is 4.79 Å². The molecule has 2 aromatic rings. The molecule has 1 fully saturated rings. The van der Waals surface area contributed by atoms with Gasteiger partial charge in [0.25, 0.3) is 5.91 Å². The minimum Gasteiger partial charge on any atom is -0.382 e. The van der Waals surface area contributed by atoms with Crippen LogP contribution in [-0.2, 0) is 6.54 Å². The van der Waals surface area contributed by atoms with Crippen molar-refractivity contribution in [2.75, 3.05) is 18.8 Å². The number of nitrogen functional groups attached to an aromatic ring is 1. The second-order valence-corrected chi connectivity index (χ2v) is 4.97. The van der Waals surface area contributed by atoms with Gasteiger partial charge >= 0.3 is 0 Å². The molecule has 0 radical (unpaired) electrons.